The summed E-state index contributed by atoms with van der Waals surface area (Å²) in [5.41, 5.74) is 4.06. The van der Waals surface area contributed by atoms with Gasteiger partial charge in [0.2, 0.25) is 0 Å². The SMILES string of the molecule is O=c1cc2ccn(Cc3ccccc3)cc-2c(=O)n1CCc1c[nH]c2ccccc12. The van der Waals surface area contributed by atoms with Crippen LogP contribution in [0.25, 0.3) is 22.0 Å². The van der Waals surface area contributed by atoms with Gasteiger partial charge in [0.1, 0.15) is 0 Å². The van der Waals surface area contributed by atoms with Crippen LogP contribution in [0.1, 0.15) is 11.1 Å². The zero-order valence-electron chi connectivity index (χ0n) is 16.4. The fraction of sp³-hybridized carbons (Fsp3) is 0.120. The monoisotopic (exact) mass is 395 g/mol. The highest BCUT2D eigenvalue weighted by Crippen LogP contribution is 2.19. The summed E-state index contributed by atoms with van der Waals surface area (Å²) >= 11 is 0. The van der Waals surface area contributed by atoms with Gasteiger partial charge in [-0.15, -0.1) is 0 Å². The molecule has 0 radical (unpaired) electrons. The van der Waals surface area contributed by atoms with E-state index < -0.39 is 0 Å². The van der Waals surface area contributed by atoms with Crippen molar-refractivity contribution in [2.75, 3.05) is 0 Å². The molecule has 0 bridgehead atoms. The molecule has 1 N–H and O–H groups in total. The number of aromatic nitrogens is 3. The normalized spacial score (nSPS) is 11.3. The minimum atomic E-state index is -0.256. The molecule has 0 spiro atoms. The fourth-order valence-electron chi connectivity index (χ4n) is 3.99. The second-order valence-corrected chi connectivity index (χ2v) is 7.52. The molecule has 0 amide bonds. The zero-order chi connectivity index (χ0) is 20.5. The van der Waals surface area contributed by atoms with E-state index in [1.807, 2.05) is 65.6 Å². The molecule has 0 saturated heterocycles. The average molecular weight is 395 g/mol. The third-order valence-corrected chi connectivity index (χ3v) is 5.56. The van der Waals surface area contributed by atoms with Gasteiger partial charge < -0.3 is 9.55 Å². The third-order valence-electron chi connectivity index (χ3n) is 5.56. The van der Waals surface area contributed by atoms with E-state index in [-0.39, 0.29) is 11.1 Å². The molecule has 2 aliphatic heterocycles. The van der Waals surface area contributed by atoms with Crippen molar-refractivity contribution in [3.8, 4) is 11.1 Å². The Morgan fingerprint density at radius 3 is 2.57 bits per heavy atom. The highest BCUT2D eigenvalue weighted by Gasteiger charge is 2.14. The van der Waals surface area contributed by atoms with E-state index in [2.05, 4.69) is 23.2 Å². The Bertz CT molecular complexity index is 1410. The summed E-state index contributed by atoms with van der Waals surface area (Å²) in [5, 5.41) is 1.12. The number of hydrogen-bond acceptors (Lipinski definition) is 2. The predicted octanol–water partition coefficient (Wildman–Crippen LogP) is 3.89. The Labute approximate surface area is 173 Å². The van der Waals surface area contributed by atoms with Gasteiger partial charge in [-0.05, 0) is 35.2 Å². The zero-order valence-corrected chi connectivity index (χ0v) is 16.4. The number of pyridine rings is 2. The summed E-state index contributed by atoms with van der Waals surface area (Å²) in [6, 6.07) is 21.5. The van der Waals surface area contributed by atoms with Crippen molar-refractivity contribution in [2.24, 2.45) is 0 Å². The smallest absolute Gasteiger partial charge is 0.262 e. The van der Waals surface area contributed by atoms with Crippen LogP contribution >= 0.6 is 0 Å². The Kier molecular flexibility index (Phi) is 4.56. The van der Waals surface area contributed by atoms with E-state index in [0.29, 0.717) is 30.6 Å². The summed E-state index contributed by atoms with van der Waals surface area (Å²) in [6.45, 7) is 1.02. The first-order valence-corrected chi connectivity index (χ1v) is 10.0. The van der Waals surface area contributed by atoms with Gasteiger partial charge in [0, 0.05) is 48.6 Å². The lowest BCUT2D eigenvalue weighted by molar-refractivity contribution is 0.649. The number of benzene rings is 2. The Hall–Kier alpha value is -3.86. The van der Waals surface area contributed by atoms with E-state index in [0.717, 1.165) is 22.0 Å². The maximum absolute atomic E-state index is 13.1. The molecule has 0 saturated carbocycles. The molecular weight excluding hydrogens is 374 g/mol. The Morgan fingerprint density at radius 2 is 1.70 bits per heavy atom. The molecule has 0 fully saturated rings. The van der Waals surface area contributed by atoms with Gasteiger partial charge in [-0.3, -0.25) is 14.2 Å². The molecule has 5 heteroatoms. The van der Waals surface area contributed by atoms with E-state index >= 15 is 0 Å². The number of nitrogens with zero attached hydrogens (tertiary/aromatic N) is 2. The molecule has 3 heterocycles. The number of fused-ring (bicyclic) bond motifs is 2. The molecule has 1 aromatic heterocycles. The first-order valence-electron chi connectivity index (χ1n) is 10.0. The van der Waals surface area contributed by atoms with E-state index in [1.54, 1.807) is 6.07 Å². The van der Waals surface area contributed by atoms with Crippen LogP contribution in [-0.2, 0) is 19.5 Å². The van der Waals surface area contributed by atoms with Gasteiger partial charge in [-0.2, -0.15) is 0 Å². The fourth-order valence-corrected chi connectivity index (χ4v) is 3.99. The van der Waals surface area contributed by atoms with E-state index in [4.69, 9.17) is 0 Å². The lowest BCUT2D eigenvalue weighted by Gasteiger charge is -2.13. The summed E-state index contributed by atoms with van der Waals surface area (Å²) in [4.78, 5) is 29.0. The van der Waals surface area contributed by atoms with Gasteiger partial charge in [0.25, 0.3) is 11.1 Å². The van der Waals surface area contributed by atoms with Crippen LogP contribution in [0.15, 0.2) is 94.9 Å². The van der Waals surface area contributed by atoms with Crippen LogP contribution in [0.5, 0.6) is 0 Å². The maximum atomic E-state index is 13.1. The molecular formula is C25H21N3O2. The van der Waals surface area contributed by atoms with Crippen LogP contribution in [0, 0.1) is 0 Å². The maximum Gasteiger partial charge on any atom is 0.262 e. The van der Waals surface area contributed by atoms with Gasteiger partial charge in [-0.1, -0.05) is 48.5 Å². The number of H-pyrrole nitrogens is 1. The van der Waals surface area contributed by atoms with E-state index in [9.17, 15) is 9.59 Å². The third kappa shape index (κ3) is 3.35. The summed E-state index contributed by atoms with van der Waals surface area (Å²) in [5.74, 6) is 0. The summed E-state index contributed by atoms with van der Waals surface area (Å²) < 4.78 is 3.32. The van der Waals surface area contributed by atoms with Crippen molar-refractivity contribution in [1.82, 2.24) is 14.1 Å². The number of hydrogen-bond donors (Lipinski definition) is 1. The molecule has 0 atom stereocenters. The number of rotatable bonds is 5. The Morgan fingerprint density at radius 1 is 0.900 bits per heavy atom. The van der Waals surface area contributed by atoms with Crippen LogP contribution < -0.4 is 11.1 Å². The topological polar surface area (TPSA) is 59.8 Å². The molecule has 148 valence electrons. The lowest BCUT2D eigenvalue weighted by atomic mass is 10.1. The average Bonchev–Trinajstić information content (AvgIpc) is 3.18. The second-order valence-electron chi connectivity index (χ2n) is 7.52. The number of para-hydroxylation sites is 1. The second kappa shape index (κ2) is 7.52. The summed E-state index contributed by atoms with van der Waals surface area (Å²) in [6.07, 6.45) is 6.31. The van der Waals surface area contributed by atoms with Crippen LogP contribution in [0.2, 0.25) is 0 Å². The highest BCUT2D eigenvalue weighted by molar-refractivity contribution is 5.83. The molecule has 2 aromatic carbocycles. The minimum Gasteiger partial charge on any atom is -0.361 e. The largest absolute Gasteiger partial charge is 0.361 e. The van der Waals surface area contributed by atoms with Gasteiger partial charge in [-0.25, -0.2) is 0 Å². The van der Waals surface area contributed by atoms with Crippen molar-refractivity contribution < 1.29 is 0 Å². The highest BCUT2D eigenvalue weighted by atomic mass is 16.2. The standard InChI is InChI=1S/C25H21N3O2/c29-24-14-19-10-12-27(16-18-6-2-1-3-7-18)17-22(19)25(30)28(24)13-11-20-15-26-23-9-5-4-8-21(20)23/h1-10,12,14-15,17,26H,11,13,16H2. The van der Waals surface area contributed by atoms with Crippen molar-refractivity contribution in [3.63, 3.8) is 0 Å². The van der Waals surface area contributed by atoms with Crippen molar-refractivity contribution in [1.29, 1.82) is 0 Å². The van der Waals surface area contributed by atoms with Crippen molar-refractivity contribution in [2.45, 2.75) is 19.5 Å². The number of aromatic amines is 1. The first kappa shape index (κ1) is 18.2. The van der Waals surface area contributed by atoms with Crippen LogP contribution in [-0.4, -0.2) is 14.1 Å². The van der Waals surface area contributed by atoms with Gasteiger partial charge in [0.15, 0.2) is 0 Å². The van der Waals surface area contributed by atoms with Crippen LogP contribution in [0.4, 0.5) is 0 Å². The number of nitrogens with one attached hydrogen (secondary N) is 1. The summed E-state index contributed by atoms with van der Waals surface area (Å²) in [7, 11) is 0. The quantitative estimate of drug-likeness (QED) is 0.491. The first-order chi connectivity index (χ1) is 14.7. The molecule has 5 nitrogen and oxygen atoms in total. The predicted molar refractivity (Wildman–Crippen MR) is 119 cm³/mol. The van der Waals surface area contributed by atoms with Gasteiger partial charge >= 0.3 is 0 Å². The van der Waals surface area contributed by atoms with Gasteiger partial charge in [0.05, 0.1) is 5.56 Å². The molecule has 0 aliphatic carbocycles. The van der Waals surface area contributed by atoms with Crippen LogP contribution in [0.3, 0.4) is 0 Å². The van der Waals surface area contributed by atoms with E-state index in [1.165, 1.54) is 4.57 Å². The lowest BCUT2D eigenvalue weighted by Crippen LogP contribution is -2.35. The minimum absolute atomic E-state index is 0.236. The number of aryl methyl sites for hydroxylation is 1. The molecule has 2 aliphatic rings. The molecule has 30 heavy (non-hydrogen) atoms. The molecule has 0 unspecified atom stereocenters. The molecule has 3 aromatic rings. The Balaban J connectivity index is 1.48. The van der Waals surface area contributed by atoms with Crippen molar-refractivity contribution >= 4 is 10.9 Å². The molecule has 5 rings (SSSR count). The van der Waals surface area contributed by atoms with Crippen molar-refractivity contribution in [3.05, 3.63) is 117 Å².